The van der Waals surface area contributed by atoms with E-state index in [0.717, 1.165) is 31.7 Å². The minimum absolute atomic E-state index is 0.0106. The number of aromatic nitrogens is 4. The standard InChI is InChI=1S/C14H15FN4O2/c15-11-7-6-10(14(20)21)8-12(11)19-13(16-17-18-19)9-4-2-1-3-5-9/h6-9H,1-5H2,(H,20,21). The molecule has 0 saturated heterocycles. The summed E-state index contributed by atoms with van der Waals surface area (Å²) in [5, 5.41) is 20.5. The molecular formula is C14H15FN4O2. The van der Waals surface area contributed by atoms with Crippen molar-refractivity contribution in [1.82, 2.24) is 20.2 Å². The molecule has 1 fully saturated rings. The Bertz CT molecular complexity index is 665. The van der Waals surface area contributed by atoms with Gasteiger partial charge < -0.3 is 5.11 Å². The summed E-state index contributed by atoms with van der Waals surface area (Å²) in [6, 6.07) is 3.62. The largest absolute Gasteiger partial charge is 0.478 e. The zero-order valence-corrected chi connectivity index (χ0v) is 11.4. The van der Waals surface area contributed by atoms with Gasteiger partial charge in [-0.3, -0.25) is 0 Å². The number of carbonyl (C=O) groups is 1. The first-order valence-corrected chi connectivity index (χ1v) is 6.98. The molecule has 1 aliphatic rings. The van der Waals surface area contributed by atoms with Crippen LogP contribution in [-0.4, -0.2) is 31.3 Å². The van der Waals surface area contributed by atoms with Crippen LogP contribution < -0.4 is 0 Å². The third-order valence-electron chi connectivity index (χ3n) is 3.89. The van der Waals surface area contributed by atoms with Crippen molar-refractivity contribution in [3.8, 4) is 5.69 Å². The van der Waals surface area contributed by atoms with E-state index < -0.39 is 11.8 Å². The summed E-state index contributed by atoms with van der Waals surface area (Å²) in [6.07, 6.45) is 5.35. The van der Waals surface area contributed by atoms with Gasteiger partial charge in [-0.05, 0) is 41.5 Å². The molecule has 110 valence electrons. The third-order valence-corrected chi connectivity index (χ3v) is 3.89. The number of tetrazole rings is 1. The summed E-state index contributed by atoms with van der Waals surface area (Å²) in [5.74, 6) is -0.842. The van der Waals surface area contributed by atoms with Crippen molar-refractivity contribution in [2.75, 3.05) is 0 Å². The van der Waals surface area contributed by atoms with Crippen LogP contribution >= 0.6 is 0 Å². The Kier molecular flexibility index (Phi) is 3.64. The highest BCUT2D eigenvalue weighted by molar-refractivity contribution is 5.88. The van der Waals surface area contributed by atoms with Gasteiger partial charge in [-0.1, -0.05) is 19.3 Å². The van der Waals surface area contributed by atoms with Crippen LogP contribution in [0.2, 0.25) is 0 Å². The van der Waals surface area contributed by atoms with Crippen LogP contribution in [-0.2, 0) is 0 Å². The van der Waals surface area contributed by atoms with Gasteiger partial charge in [0, 0.05) is 5.92 Å². The fourth-order valence-corrected chi connectivity index (χ4v) is 2.79. The highest BCUT2D eigenvalue weighted by Crippen LogP contribution is 2.32. The summed E-state index contributed by atoms with van der Waals surface area (Å²) in [4.78, 5) is 11.0. The third kappa shape index (κ3) is 2.63. The Morgan fingerprint density at radius 1 is 1.29 bits per heavy atom. The molecule has 3 rings (SSSR count). The molecule has 1 saturated carbocycles. The minimum Gasteiger partial charge on any atom is -0.478 e. The Balaban J connectivity index is 2.03. The summed E-state index contributed by atoms with van der Waals surface area (Å²) < 4.78 is 15.4. The van der Waals surface area contributed by atoms with E-state index in [-0.39, 0.29) is 17.2 Å². The molecular weight excluding hydrogens is 275 g/mol. The highest BCUT2D eigenvalue weighted by atomic mass is 19.1. The SMILES string of the molecule is O=C(O)c1ccc(F)c(-n2nnnc2C2CCCCC2)c1. The van der Waals surface area contributed by atoms with E-state index in [0.29, 0.717) is 5.82 Å². The smallest absolute Gasteiger partial charge is 0.335 e. The first kappa shape index (κ1) is 13.7. The zero-order chi connectivity index (χ0) is 14.8. The first-order valence-electron chi connectivity index (χ1n) is 6.98. The Labute approximate surface area is 120 Å². The summed E-state index contributed by atoms with van der Waals surface area (Å²) in [7, 11) is 0. The number of aromatic carboxylic acids is 1. The van der Waals surface area contributed by atoms with Crippen molar-refractivity contribution < 1.29 is 14.3 Å². The number of hydrogen-bond donors (Lipinski definition) is 1. The zero-order valence-electron chi connectivity index (χ0n) is 11.4. The lowest BCUT2D eigenvalue weighted by molar-refractivity contribution is 0.0697. The molecule has 21 heavy (non-hydrogen) atoms. The van der Waals surface area contributed by atoms with Crippen molar-refractivity contribution in [1.29, 1.82) is 0 Å². The lowest BCUT2D eigenvalue weighted by atomic mass is 9.88. The van der Waals surface area contributed by atoms with Gasteiger partial charge >= 0.3 is 5.97 Å². The minimum atomic E-state index is -1.11. The topological polar surface area (TPSA) is 80.9 Å². The molecule has 7 heteroatoms. The molecule has 0 amide bonds. The predicted molar refractivity (Wildman–Crippen MR) is 71.9 cm³/mol. The lowest BCUT2D eigenvalue weighted by Gasteiger charge is -2.20. The van der Waals surface area contributed by atoms with Crippen molar-refractivity contribution >= 4 is 5.97 Å². The molecule has 0 atom stereocenters. The van der Waals surface area contributed by atoms with E-state index in [2.05, 4.69) is 15.5 Å². The maximum Gasteiger partial charge on any atom is 0.335 e. The van der Waals surface area contributed by atoms with Gasteiger partial charge in [-0.25, -0.2) is 9.18 Å². The second kappa shape index (κ2) is 5.59. The second-order valence-electron chi connectivity index (χ2n) is 5.26. The molecule has 6 nitrogen and oxygen atoms in total. The van der Waals surface area contributed by atoms with Crippen LogP contribution in [0.5, 0.6) is 0 Å². The maximum absolute atomic E-state index is 14.0. The Morgan fingerprint density at radius 2 is 2.05 bits per heavy atom. The fraction of sp³-hybridized carbons (Fsp3) is 0.429. The highest BCUT2D eigenvalue weighted by Gasteiger charge is 2.24. The average Bonchev–Trinajstić information content (AvgIpc) is 2.97. The summed E-state index contributed by atoms with van der Waals surface area (Å²) in [5.41, 5.74) is 0.0944. The van der Waals surface area contributed by atoms with E-state index in [1.165, 1.54) is 23.2 Å². The molecule has 0 bridgehead atoms. The maximum atomic E-state index is 14.0. The predicted octanol–water partition coefficient (Wildman–Crippen LogP) is 2.55. The molecule has 0 aliphatic heterocycles. The van der Waals surface area contributed by atoms with Crippen molar-refractivity contribution in [2.24, 2.45) is 0 Å². The van der Waals surface area contributed by atoms with E-state index >= 15 is 0 Å². The quantitative estimate of drug-likeness (QED) is 0.939. The van der Waals surface area contributed by atoms with Gasteiger partial charge in [0.2, 0.25) is 0 Å². The molecule has 2 aromatic rings. The van der Waals surface area contributed by atoms with Gasteiger partial charge in [-0.2, -0.15) is 4.68 Å². The van der Waals surface area contributed by atoms with Crippen LogP contribution in [0.4, 0.5) is 4.39 Å². The molecule has 0 spiro atoms. The summed E-state index contributed by atoms with van der Waals surface area (Å²) >= 11 is 0. The van der Waals surface area contributed by atoms with Gasteiger partial charge in [-0.15, -0.1) is 5.10 Å². The van der Waals surface area contributed by atoms with Crippen LogP contribution in [0, 0.1) is 5.82 Å². The Hall–Kier alpha value is -2.31. The van der Waals surface area contributed by atoms with E-state index in [9.17, 15) is 9.18 Å². The number of nitrogens with zero attached hydrogens (tertiary/aromatic N) is 4. The van der Waals surface area contributed by atoms with E-state index in [1.54, 1.807) is 0 Å². The van der Waals surface area contributed by atoms with E-state index in [1.807, 2.05) is 0 Å². The number of carboxylic acids is 1. The van der Waals surface area contributed by atoms with Crippen LogP contribution in [0.25, 0.3) is 5.69 Å². The second-order valence-corrected chi connectivity index (χ2v) is 5.26. The molecule has 1 N–H and O–H groups in total. The monoisotopic (exact) mass is 290 g/mol. The number of carboxylic acid groups (broad SMARTS) is 1. The number of hydrogen-bond acceptors (Lipinski definition) is 4. The van der Waals surface area contributed by atoms with Crippen LogP contribution in [0.1, 0.15) is 54.2 Å². The van der Waals surface area contributed by atoms with Gasteiger partial charge in [0.1, 0.15) is 11.5 Å². The van der Waals surface area contributed by atoms with Crippen LogP contribution in [0.3, 0.4) is 0 Å². The lowest BCUT2D eigenvalue weighted by Crippen LogP contribution is -2.13. The number of rotatable bonds is 3. The van der Waals surface area contributed by atoms with Crippen molar-refractivity contribution in [3.63, 3.8) is 0 Å². The van der Waals surface area contributed by atoms with Gasteiger partial charge in [0.15, 0.2) is 5.82 Å². The first-order chi connectivity index (χ1) is 10.2. The van der Waals surface area contributed by atoms with Gasteiger partial charge in [0.05, 0.1) is 5.56 Å². The van der Waals surface area contributed by atoms with Crippen molar-refractivity contribution in [2.45, 2.75) is 38.0 Å². The normalized spacial score (nSPS) is 16.0. The van der Waals surface area contributed by atoms with Gasteiger partial charge in [0.25, 0.3) is 0 Å². The van der Waals surface area contributed by atoms with E-state index in [4.69, 9.17) is 5.11 Å². The summed E-state index contributed by atoms with van der Waals surface area (Å²) in [6.45, 7) is 0. The van der Waals surface area contributed by atoms with Crippen LogP contribution in [0.15, 0.2) is 18.2 Å². The fourth-order valence-electron chi connectivity index (χ4n) is 2.79. The molecule has 1 aromatic heterocycles. The van der Waals surface area contributed by atoms with Crippen molar-refractivity contribution in [3.05, 3.63) is 35.4 Å². The number of benzene rings is 1. The average molecular weight is 290 g/mol. The molecule has 1 heterocycles. The number of halogens is 1. The Morgan fingerprint density at radius 3 is 2.76 bits per heavy atom. The molecule has 0 radical (unpaired) electrons. The molecule has 1 aromatic carbocycles. The molecule has 1 aliphatic carbocycles. The molecule has 0 unspecified atom stereocenters.